The molecule has 0 atom stereocenters. The third-order valence-corrected chi connectivity index (χ3v) is 2.74. The molecule has 0 aromatic carbocycles. The molecule has 1 N–H and O–H groups in total. The number of nitrogens with one attached hydrogen (secondary N) is 1. The lowest BCUT2D eigenvalue weighted by atomic mass is 10.1. The van der Waals surface area contributed by atoms with Crippen LogP contribution in [0.5, 0.6) is 0 Å². The van der Waals surface area contributed by atoms with E-state index in [9.17, 15) is 0 Å². The smallest absolute Gasteiger partial charge is 0.161 e. The van der Waals surface area contributed by atoms with Gasteiger partial charge in [-0.05, 0) is 25.5 Å². The maximum Gasteiger partial charge on any atom is 0.161 e. The van der Waals surface area contributed by atoms with Crippen LogP contribution >= 0.6 is 0 Å². The van der Waals surface area contributed by atoms with Gasteiger partial charge in [-0.2, -0.15) is 0 Å². The van der Waals surface area contributed by atoms with E-state index < -0.39 is 0 Å². The monoisotopic (exact) mass is 228 g/mol. The van der Waals surface area contributed by atoms with E-state index in [1.54, 1.807) is 12.4 Å². The molecular weight excluding hydrogens is 212 g/mol. The normalized spacial score (nSPS) is 10.3. The predicted molar refractivity (Wildman–Crippen MR) is 68.9 cm³/mol. The Morgan fingerprint density at radius 2 is 1.88 bits per heavy atom. The third kappa shape index (κ3) is 2.25. The number of hydrogen-bond acceptors (Lipinski definition) is 4. The summed E-state index contributed by atoms with van der Waals surface area (Å²) in [5, 5.41) is 3.13. The van der Waals surface area contributed by atoms with Crippen molar-refractivity contribution >= 4 is 5.82 Å². The number of rotatable bonds is 3. The summed E-state index contributed by atoms with van der Waals surface area (Å²) < 4.78 is 0. The topological polar surface area (TPSA) is 50.7 Å². The Kier molecular flexibility index (Phi) is 3.32. The van der Waals surface area contributed by atoms with E-state index in [0.717, 1.165) is 29.3 Å². The number of hydrogen-bond donors (Lipinski definition) is 1. The summed E-state index contributed by atoms with van der Waals surface area (Å²) in [5.74, 6) is 1.65. The fourth-order valence-electron chi connectivity index (χ4n) is 1.86. The summed E-state index contributed by atoms with van der Waals surface area (Å²) in [6.07, 6.45) is 4.43. The molecule has 2 aromatic rings. The van der Waals surface area contributed by atoms with Gasteiger partial charge < -0.3 is 5.32 Å². The Hall–Kier alpha value is -1.97. The first kappa shape index (κ1) is 11.5. The van der Waals surface area contributed by atoms with Crippen LogP contribution < -0.4 is 5.32 Å². The molecule has 2 aromatic heterocycles. The van der Waals surface area contributed by atoms with Gasteiger partial charge in [-0.3, -0.25) is 4.98 Å². The average molecular weight is 228 g/mol. The minimum Gasteiger partial charge on any atom is -0.373 e. The van der Waals surface area contributed by atoms with Crippen molar-refractivity contribution in [2.45, 2.75) is 20.3 Å². The largest absolute Gasteiger partial charge is 0.373 e. The van der Waals surface area contributed by atoms with Crippen LogP contribution in [0.15, 0.2) is 24.5 Å². The average Bonchev–Trinajstić information content (AvgIpc) is 2.38. The Morgan fingerprint density at radius 3 is 2.47 bits per heavy atom. The highest BCUT2D eigenvalue weighted by Gasteiger charge is 2.10. The molecule has 0 unspecified atom stereocenters. The van der Waals surface area contributed by atoms with Gasteiger partial charge in [-0.15, -0.1) is 0 Å². The van der Waals surface area contributed by atoms with Crippen LogP contribution in [0.3, 0.4) is 0 Å². The first-order chi connectivity index (χ1) is 8.26. The summed E-state index contributed by atoms with van der Waals surface area (Å²) >= 11 is 0. The minimum absolute atomic E-state index is 0.742. The van der Waals surface area contributed by atoms with Gasteiger partial charge in [0.1, 0.15) is 5.82 Å². The molecule has 2 rings (SSSR count). The summed E-state index contributed by atoms with van der Waals surface area (Å²) in [4.78, 5) is 13.1. The second-order valence-electron chi connectivity index (χ2n) is 3.80. The van der Waals surface area contributed by atoms with E-state index >= 15 is 0 Å². The van der Waals surface area contributed by atoms with Gasteiger partial charge >= 0.3 is 0 Å². The van der Waals surface area contributed by atoms with Gasteiger partial charge in [-0.25, -0.2) is 9.97 Å². The molecule has 0 saturated heterocycles. The van der Waals surface area contributed by atoms with E-state index in [4.69, 9.17) is 0 Å². The Bertz CT molecular complexity index is 508. The first-order valence-corrected chi connectivity index (χ1v) is 5.72. The SMILES string of the molecule is CCc1c(C)nc(-c2ccncc2)nc1NC. The highest BCUT2D eigenvalue weighted by Crippen LogP contribution is 2.21. The van der Waals surface area contributed by atoms with E-state index in [2.05, 4.69) is 27.2 Å². The summed E-state index contributed by atoms with van der Waals surface area (Å²) in [5.41, 5.74) is 3.19. The molecule has 0 spiro atoms. The lowest BCUT2D eigenvalue weighted by Gasteiger charge is -2.11. The van der Waals surface area contributed by atoms with Gasteiger partial charge in [0, 0.05) is 36.3 Å². The minimum atomic E-state index is 0.742. The molecule has 0 radical (unpaired) electrons. The van der Waals surface area contributed by atoms with Crippen molar-refractivity contribution in [2.24, 2.45) is 0 Å². The Balaban J connectivity index is 2.54. The standard InChI is InChI=1S/C13H16N4/c1-4-11-9(2)16-12(17-13(11)14-3)10-5-7-15-8-6-10/h5-8H,4H2,1-3H3,(H,14,16,17). The zero-order valence-electron chi connectivity index (χ0n) is 10.4. The van der Waals surface area contributed by atoms with Crippen molar-refractivity contribution in [1.82, 2.24) is 15.0 Å². The van der Waals surface area contributed by atoms with Crippen molar-refractivity contribution in [2.75, 3.05) is 12.4 Å². The van der Waals surface area contributed by atoms with Crippen LogP contribution in [0.4, 0.5) is 5.82 Å². The number of pyridine rings is 1. The lowest BCUT2D eigenvalue weighted by Crippen LogP contribution is -2.04. The molecule has 2 heterocycles. The fraction of sp³-hybridized carbons (Fsp3) is 0.308. The van der Waals surface area contributed by atoms with Crippen LogP contribution in [-0.2, 0) is 6.42 Å². The molecule has 4 heteroatoms. The summed E-state index contributed by atoms with van der Waals surface area (Å²) in [6.45, 7) is 4.13. The quantitative estimate of drug-likeness (QED) is 0.876. The van der Waals surface area contributed by atoms with E-state index in [-0.39, 0.29) is 0 Å². The van der Waals surface area contributed by atoms with Crippen LogP contribution in [0, 0.1) is 6.92 Å². The van der Waals surface area contributed by atoms with Gasteiger partial charge in [0.25, 0.3) is 0 Å². The van der Waals surface area contributed by atoms with Crippen molar-refractivity contribution in [3.05, 3.63) is 35.8 Å². The molecule has 0 fully saturated rings. The molecule has 0 amide bonds. The summed E-state index contributed by atoms with van der Waals surface area (Å²) in [6, 6.07) is 3.83. The molecule has 4 nitrogen and oxygen atoms in total. The molecule has 0 aliphatic carbocycles. The highest BCUT2D eigenvalue weighted by atomic mass is 15.0. The molecule has 0 aliphatic rings. The zero-order valence-corrected chi connectivity index (χ0v) is 10.4. The van der Waals surface area contributed by atoms with Crippen LogP contribution in [0.2, 0.25) is 0 Å². The van der Waals surface area contributed by atoms with Crippen LogP contribution in [0.25, 0.3) is 11.4 Å². The van der Waals surface area contributed by atoms with E-state index in [1.807, 2.05) is 26.1 Å². The molecule has 0 aliphatic heterocycles. The van der Waals surface area contributed by atoms with Gasteiger partial charge in [-0.1, -0.05) is 6.92 Å². The Labute approximate surface area is 101 Å². The third-order valence-electron chi connectivity index (χ3n) is 2.74. The zero-order chi connectivity index (χ0) is 12.3. The van der Waals surface area contributed by atoms with Gasteiger partial charge in [0.2, 0.25) is 0 Å². The van der Waals surface area contributed by atoms with Crippen molar-refractivity contribution < 1.29 is 0 Å². The molecule has 88 valence electrons. The highest BCUT2D eigenvalue weighted by molar-refractivity contribution is 5.59. The van der Waals surface area contributed by atoms with E-state index in [1.165, 1.54) is 5.56 Å². The van der Waals surface area contributed by atoms with Crippen molar-refractivity contribution in [3.8, 4) is 11.4 Å². The number of anilines is 1. The second-order valence-corrected chi connectivity index (χ2v) is 3.80. The summed E-state index contributed by atoms with van der Waals surface area (Å²) in [7, 11) is 1.89. The molecule has 0 saturated carbocycles. The molecular formula is C13H16N4. The number of aryl methyl sites for hydroxylation is 1. The fourth-order valence-corrected chi connectivity index (χ4v) is 1.86. The number of aromatic nitrogens is 3. The van der Waals surface area contributed by atoms with Crippen LogP contribution in [-0.4, -0.2) is 22.0 Å². The van der Waals surface area contributed by atoms with E-state index in [0.29, 0.717) is 0 Å². The van der Waals surface area contributed by atoms with Crippen LogP contribution in [0.1, 0.15) is 18.2 Å². The first-order valence-electron chi connectivity index (χ1n) is 5.72. The second kappa shape index (κ2) is 4.91. The van der Waals surface area contributed by atoms with Gasteiger partial charge in [0.05, 0.1) is 0 Å². The number of nitrogens with zero attached hydrogens (tertiary/aromatic N) is 3. The van der Waals surface area contributed by atoms with Crippen molar-refractivity contribution in [3.63, 3.8) is 0 Å². The maximum atomic E-state index is 4.54. The van der Waals surface area contributed by atoms with Gasteiger partial charge in [0.15, 0.2) is 5.82 Å². The molecule has 17 heavy (non-hydrogen) atoms. The van der Waals surface area contributed by atoms with Crippen molar-refractivity contribution in [1.29, 1.82) is 0 Å². The maximum absolute atomic E-state index is 4.54. The molecule has 0 bridgehead atoms. The predicted octanol–water partition coefficient (Wildman–Crippen LogP) is 2.45. The Morgan fingerprint density at radius 1 is 1.18 bits per heavy atom. The lowest BCUT2D eigenvalue weighted by molar-refractivity contribution is 1.00.